The molecule has 0 unspecified atom stereocenters. The molecule has 1 aliphatic heterocycles. The van der Waals surface area contributed by atoms with E-state index in [9.17, 15) is 9.59 Å². The molecular weight excluding hydrogens is 352 g/mol. The molecule has 0 fully saturated rings. The quantitative estimate of drug-likeness (QED) is 0.845. The summed E-state index contributed by atoms with van der Waals surface area (Å²) in [5, 5.41) is 3.29. The van der Waals surface area contributed by atoms with Gasteiger partial charge in [0.05, 0.1) is 11.1 Å². The van der Waals surface area contributed by atoms with E-state index in [1.807, 2.05) is 6.07 Å². The largest absolute Gasteiger partial charge is 0.380 e. The molecule has 0 radical (unpaired) electrons. The minimum Gasteiger partial charge on any atom is -0.380 e. The van der Waals surface area contributed by atoms with Crippen LogP contribution in [0.15, 0.2) is 28.7 Å². The summed E-state index contributed by atoms with van der Waals surface area (Å²) < 4.78 is 1.11. The van der Waals surface area contributed by atoms with Crippen molar-refractivity contribution in [2.45, 2.75) is 13.5 Å². The number of imide groups is 1. The number of anilines is 1. The fraction of sp³-hybridized carbons (Fsp3) is 0.200. The van der Waals surface area contributed by atoms with Crippen LogP contribution in [-0.4, -0.2) is 23.8 Å². The van der Waals surface area contributed by atoms with Gasteiger partial charge in [0, 0.05) is 33.5 Å². The van der Waals surface area contributed by atoms with Crippen LogP contribution in [0.3, 0.4) is 0 Å². The van der Waals surface area contributed by atoms with Gasteiger partial charge in [0.25, 0.3) is 11.8 Å². The zero-order valence-corrected chi connectivity index (χ0v) is 14.0. The minimum atomic E-state index is -0.242. The number of carbonyl (C=O) groups is 2. The summed E-state index contributed by atoms with van der Waals surface area (Å²) in [6, 6.07) is 7.37. The highest BCUT2D eigenvalue weighted by Gasteiger charge is 2.32. The number of hydrogen-bond donors (Lipinski definition) is 1. The first-order valence-electron chi connectivity index (χ1n) is 6.42. The van der Waals surface area contributed by atoms with Crippen molar-refractivity contribution in [2.24, 2.45) is 0 Å². The van der Waals surface area contributed by atoms with E-state index in [2.05, 4.69) is 34.2 Å². The lowest BCUT2D eigenvalue weighted by Crippen LogP contribution is -2.24. The Morgan fingerprint density at radius 2 is 1.90 bits per heavy atom. The van der Waals surface area contributed by atoms with Gasteiger partial charge in [-0.1, -0.05) is 0 Å². The molecule has 0 spiro atoms. The molecule has 2 aromatic rings. The fourth-order valence-electron chi connectivity index (χ4n) is 2.27. The molecule has 0 bridgehead atoms. The zero-order valence-electron chi connectivity index (χ0n) is 11.6. The molecular formula is C15H13BrN2O2S. The van der Waals surface area contributed by atoms with E-state index < -0.39 is 0 Å². The first-order valence-corrected chi connectivity index (χ1v) is 8.03. The summed E-state index contributed by atoms with van der Waals surface area (Å²) in [5.41, 5.74) is 1.78. The molecule has 0 aliphatic carbocycles. The topological polar surface area (TPSA) is 49.4 Å². The van der Waals surface area contributed by atoms with E-state index in [0.29, 0.717) is 17.7 Å². The summed E-state index contributed by atoms with van der Waals surface area (Å²) in [4.78, 5) is 27.4. The van der Waals surface area contributed by atoms with E-state index in [4.69, 9.17) is 0 Å². The van der Waals surface area contributed by atoms with Crippen LogP contribution in [0.1, 0.15) is 30.5 Å². The van der Waals surface area contributed by atoms with E-state index in [1.165, 1.54) is 16.8 Å². The number of rotatable bonds is 3. The summed E-state index contributed by atoms with van der Waals surface area (Å²) in [6.07, 6.45) is 0. The molecule has 2 heterocycles. The lowest BCUT2D eigenvalue weighted by Gasteiger charge is -2.06. The molecule has 4 nitrogen and oxygen atoms in total. The third-order valence-corrected chi connectivity index (χ3v) is 5.60. The standard InChI is InChI=1S/C15H13BrN2O2S/c1-8-13(16)6-10(21-8)7-17-9-3-4-11-12(5-9)15(20)18(2)14(11)19/h3-6,17H,7H2,1-2H3. The third kappa shape index (κ3) is 2.49. The molecule has 6 heteroatoms. The summed E-state index contributed by atoms with van der Waals surface area (Å²) >= 11 is 5.22. The van der Waals surface area contributed by atoms with Gasteiger partial charge in [-0.2, -0.15) is 0 Å². The van der Waals surface area contributed by atoms with E-state index in [1.54, 1.807) is 23.5 Å². The molecule has 0 saturated heterocycles. The summed E-state index contributed by atoms with van der Waals surface area (Å²) in [7, 11) is 1.50. The first-order chi connectivity index (χ1) is 9.97. The second-order valence-electron chi connectivity index (χ2n) is 4.90. The van der Waals surface area contributed by atoms with Crippen molar-refractivity contribution < 1.29 is 9.59 Å². The highest BCUT2D eigenvalue weighted by molar-refractivity contribution is 9.10. The first kappa shape index (κ1) is 14.3. The van der Waals surface area contributed by atoms with Gasteiger partial charge in [-0.3, -0.25) is 14.5 Å². The fourth-order valence-corrected chi connectivity index (χ4v) is 3.81. The van der Waals surface area contributed by atoms with Gasteiger partial charge in [0.1, 0.15) is 0 Å². The van der Waals surface area contributed by atoms with Crippen LogP contribution < -0.4 is 5.32 Å². The van der Waals surface area contributed by atoms with Crippen molar-refractivity contribution in [1.29, 1.82) is 0 Å². The molecule has 21 heavy (non-hydrogen) atoms. The Balaban J connectivity index is 1.79. The lowest BCUT2D eigenvalue weighted by atomic mass is 10.1. The number of thiophene rings is 1. The number of nitrogens with zero attached hydrogens (tertiary/aromatic N) is 1. The van der Waals surface area contributed by atoms with Crippen molar-refractivity contribution >= 4 is 44.8 Å². The maximum atomic E-state index is 12.0. The number of hydrogen-bond acceptors (Lipinski definition) is 4. The molecule has 1 N–H and O–H groups in total. The van der Waals surface area contributed by atoms with E-state index in [0.717, 1.165) is 15.1 Å². The molecule has 0 saturated carbocycles. The Morgan fingerprint density at radius 3 is 2.57 bits per heavy atom. The third-order valence-electron chi connectivity index (χ3n) is 3.46. The van der Waals surface area contributed by atoms with Gasteiger partial charge in [-0.15, -0.1) is 11.3 Å². The minimum absolute atomic E-state index is 0.237. The number of nitrogens with one attached hydrogen (secondary N) is 1. The monoisotopic (exact) mass is 364 g/mol. The second-order valence-corrected chi connectivity index (χ2v) is 7.10. The zero-order chi connectivity index (χ0) is 15.1. The maximum absolute atomic E-state index is 12.0. The average Bonchev–Trinajstić information content (AvgIpc) is 2.90. The predicted octanol–water partition coefficient (Wildman–Crippen LogP) is 3.66. The lowest BCUT2D eigenvalue weighted by molar-refractivity contribution is 0.0693. The Labute approximate surface area is 134 Å². The van der Waals surface area contributed by atoms with Crippen molar-refractivity contribution in [3.8, 4) is 0 Å². The smallest absolute Gasteiger partial charge is 0.261 e. The van der Waals surface area contributed by atoms with Gasteiger partial charge in [-0.25, -0.2) is 0 Å². The van der Waals surface area contributed by atoms with Crippen LogP contribution in [0.4, 0.5) is 5.69 Å². The van der Waals surface area contributed by atoms with Crippen LogP contribution in [0.5, 0.6) is 0 Å². The van der Waals surface area contributed by atoms with Gasteiger partial charge < -0.3 is 5.32 Å². The number of halogens is 1. The number of benzene rings is 1. The highest BCUT2D eigenvalue weighted by Crippen LogP contribution is 2.28. The van der Waals surface area contributed by atoms with Crippen molar-refractivity contribution in [3.05, 3.63) is 49.6 Å². The predicted molar refractivity (Wildman–Crippen MR) is 86.9 cm³/mol. The van der Waals surface area contributed by atoms with Gasteiger partial charge in [0.15, 0.2) is 0 Å². The summed E-state index contributed by atoms with van der Waals surface area (Å²) in [6.45, 7) is 2.75. The number of fused-ring (bicyclic) bond motifs is 1. The second kappa shape index (κ2) is 5.27. The molecule has 108 valence electrons. The van der Waals surface area contributed by atoms with Crippen LogP contribution >= 0.6 is 27.3 Å². The molecule has 1 aromatic heterocycles. The Bertz CT molecular complexity index is 735. The molecule has 1 aliphatic rings. The molecule has 3 rings (SSSR count). The van der Waals surface area contributed by atoms with E-state index >= 15 is 0 Å². The van der Waals surface area contributed by atoms with Gasteiger partial charge in [0.2, 0.25) is 0 Å². The Hall–Kier alpha value is -1.66. The average molecular weight is 365 g/mol. The van der Waals surface area contributed by atoms with Crippen molar-refractivity contribution in [2.75, 3.05) is 12.4 Å². The van der Waals surface area contributed by atoms with Crippen LogP contribution in [0.2, 0.25) is 0 Å². The SMILES string of the molecule is Cc1sc(CNc2ccc3c(c2)C(=O)N(C)C3=O)cc1Br. The number of carbonyl (C=O) groups excluding carboxylic acids is 2. The highest BCUT2D eigenvalue weighted by atomic mass is 79.9. The molecule has 0 atom stereocenters. The maximum Gasteiger partial charge on any atom is 0.261 e. The Morgan fingerprint density at radius 1 is 1.19 bits per heavy atom. The Kier molecular flexibility index (Phi) is 3.59. The van der Waals surface area contributed by atoms with Crippen LogP contribution in [0.25, 0.3) is 0 Å². The molecule has 1 aromatic carbocycles. The van der Waals surface area contributed by atoms with Crippen molar-refractivity contribution in [3.63, 3.8) is 0 Å². The normalized spacial score (nSPS) is 13.8. The van der Waals surface area contributed by atoms with E-state index in [-0.39, 0.29) is 11.8 Å². The van der Waals surface area contributed by atoms with Crippen molar-refractivity contribution in [1.82, 2.24) is 4.90 Å². The van der Waals surface area contributed by atoms with Crippen LogP contribution in [0, 0.1) is 6.92 Å². The van der Waals surface area contributed by atoms with Gasteiger partial charge in [-0.05, 0) is 47.1 Å². The van der Waals surface area contributed by atoms with Gasteiger partial charge >= 0.3 is 0 Å². The number of aryl methyl sites for hydroxylation is 1. The molecule has 2 amide bonds. The van der Waals surface area contributed by atoms with Crippen LogP contribution in [-0.2, 0) is 6.54 Å². The summed E-state index contributed by atoms with van der Waals surface area (Å²) in [5.74, 6) is -0.479. The number of amides is 2.